The van der Waals surface area contributed by atoms with E-state index in [1.807, 2.05) is 0 Å². The minimum Gasteiger partial charge on any atom is -0.377 e. The highest BCUT2D eigenvalue weighted by Gasteiger charge is 2.39. The minimum atomic E-state index is -0.703. The van der Waals surface area contributed by atoms with Gasteiger partial charge in [-0.3, -0.25) is 0 Å². The zero-order valence-corrected chi connectivity index (χ0v) is 13.3. The molecule has 0 spiro atoms. The molecule has 0 unspecified atom stereocenters. The van der Waals surface area contributed by atoms with Crippen LogP contribution >= 0.6 is 0 Å². The number of urea groups is 1. The van der Waals surface area contributed by atoms with Crippen LogP contribution in [0.2, 0.25) is 0 Å². The largest absolute Gasteiger partial charge is 0.377 e. The van der Waals surface area contributed by atoms with Crippen molar-refractivity contribution in [3.63, 3.8) is 0 Å². The summed E-state index contributed by atoms with van der Waals surface area (Å²) in [6.45, 7) is 1.51. The Morgan fingerprint density at radius 3 is 2.52 bits per heavy atom. The van der Waals surface area contributed by atoms with Crippen LogP contribution in [-0.4, -0.2) is 50.8 Å². The van der Waals surface area contributed by atoms with E-state index in [1.54, 1.807) is 19.0 Å². The number of hydrogen-bond acceptors (Lipinski definition) is 3. The smallest absolute Gasteiger partial charge is 0.322 e. The predicted molar refractivity (Wildman–Crippen MR) is 83.7 cm³/mol. The average molecular weight is 325 g/mol. The maximum atomic E-state index is 14.0. The molecule has 5 nitrogen and oxygen atoms in total. The molecule has 7 heteroatoms. The van der Waals surface area contributed by atoms with E-state index >= 15 is 0 Å². The Hall–Kier alpha value is -1.89. The summed E-state index contributed by atoms with van der Waals surface area (Å²) in [7, 11) is 3.13. The van der Waals surface area contributed by atoms with Crippen LogP contribution < -0.4 is 10.2 Å². The number of rotatable bonds is 3. The summed E-state index contributed by atoms with van der Waals surface area (Å²) in [6.07, 6.45) is 2.19. The Morgan fingerprint density at radius 1 is 1.30 bits per heavy atom. The number of hydrogen-bond donors (Lipinski definition) is 1. The summed E-state index contributed by atoms with van der Waals surface area (Å²) in [5.74, 6) is -0.928. The van der Waals surface area contributed by atoms with E-state index in [0.29, 0.717) is 25.7 Å². The number of anilines is 2. The monoisotopic (exact) mass is 325 g/mol. The maximum Gasteiger partial charge on any atom is 0.322 e. The molecule has 1 aliphatic carbocycles. The van der Waals surface area contributed by atoms with Crippen molar-refractivity contribution in [2.45, 2.75) is 18.9 Å². The Labute approximate surface area is 134 Å². The van der Waals surface area contributed by atoms with Gasteiger partial charge in [0.05, 0.1) is 19.3 Å². The molecule has 1 heterocycles. The number of halogens is 2. The molecule has 1 N–H and O–H groups in total. The normalized spacial score (nSPS) is 21.2. The van der Waals surface area contributed by atoms with Crippen molar-refractivity contribution in [2.75, 3.05) is 44.1 Å². The quantitative estimate of drug-likeness (QED) is 0.929. The van der Waals surface area contributed by atoms with Crippen molar-refractivity contribution in [3.8, 4) is 0 Å². The first-order chi connectivity index (χ1) is 11.0. The van der Waals surface area contributed by atoms with Crippen molar-refractivity contribution in [1.82, 2.24) is 4.90 Å². The molecule has 1 aliphatic heterocycles. The molecule has 2 fully saturated rings. The molecule has 126 valence electrons. The van der Waals surface area contributed by atoms with E-state index in [9.17, 15) is 13.6 Å². The van der Waals surface area contributed by atoms with Gasteiger partial charge in [0.15, 0.2) is 11.6 Å². The van der Waals surface area contributed by atoms with Crippen molar-refractivity contribution in [3.05, 3.63) is 23.8 Å². The molecule has 0 aromatic heterocycles. The third-order valence-corrected chi connectivity index (χ3v) is 4.31. The summed E-state index contributed by atoms with van der Waals surface area (Å²) >= 11 is 0. The van der Waals surface area contributed by atoms with Crippen LogP contribution in [0.15, 0.2) is 12.1 Å². The van der Waals surface area contributed by atoms with E-state index in [4.69, 9.17) is 4.74 Å². The molecular formula is C16H21F2N3O2. The van der Waals surface area contributed by atoms with Crippen LogP contribution in [-0.2, 0) is 4.74 Å². The van der Waals surface area contributed by atoms with Crippen LogP contribution in [0.25, 0.3) is 0 Å². The second-order valence-corrected chi connectivity index (χ2v) is 6.29. The summed E-state index contributed by atoms with van der Waals surface area (Å²) < 4.78 is 33.5. The topological polar surface area (TPSA) is 44.8 Å². The first kappa shape index (κ1) is 16.0. The van der Waals surface area contributed by atoms with Gasteiger partial charge in [0.2, 0.25) is 0 Å². The fraction of sp³-hybridized carbons (Fsp3) is 0.562. The molecule has 1 atom stereocenters. The highest BCUT2D eigenvalue weighted by Crippen LogP contribution is 2.36. The summed E-state index contributed by atoms with van der Waals surface area (Å²) in [4.78, 5) is 15.5. The number of carbonyl (C=O) groups excluding carboxylic acids is 1. The second kappa shape index (κ2) is 6.31. The van der Waals surface area contributed by atoms with Crippen molar-refractivity contribution in [2.24, 2.45) is 5.92 Å². The third kappa shape index (κ3) is 3.39. The number of nitrogens with zero attached hydrogens (tertiary/aromatic N) is 2. The Bertz CT molecular complexity index is 582. The molecule has 1 saturated heterocycles. The minimum absolute atomic E-state index is 0.0551. The number of carbonyl (C=O) groups is 1. The summed E-state index contributed by atoms with van der Waals surface area (Å²) in [5.41, 5.74) is 0.00173. The van der Waals surface area contributed by atoms with Gasteiger partial charge in [0.1, 0.15) is 5.69 Å². The number of ether oxygens (including phenoxy) is 1. The van der Waals surface area contributed by atoms with E-state index < -0.39 is 11.6 Å². The Morgan fingerprint density at radius 2 is 1.96 bits per heavy atom. The average Bonchev–Trinajstić information content (AvgIpc) is 3.30. The van der Waals surface area contributed by atoms with Gasteiger partial charge >= 0.3 is 6.03 Å². The standard InChI is InChI=1S/C16H21F2N3O2/c1-20(2)15-12(17)7-11(8-13(15)18)19-16(22)21-5-6-23-9-14(21)10-3-4-10/h7-8,10,14H,3-6,9H2,1-2H3,(H,19,22)/t14-/m1/s1. The maximum absolute atomic E-state index is 14.0. The highest BCUT2D eigenvalue weighted by atomic mass is 19.1. The van der Waals surface area contributed by atoms with Gasteiger partial charge in [-0.2, -0.15) is 0 Å². The summed E-state index contributed by atoms with van der Waals surface area (Å²) in [5, 5.41) is 2.60. The lowest BCUT2D eigenvalue weighted by Gasteiger charge is -2.35. The summed E-state index contributed by atoms with van der Waals surface area (Å²) in [6, 6.07) is 2.01. The van der Waals surface area contributed by atoms with Crippen LogP contribution in [0.1, 0.15) is 12.8 Å². The predicted octanol–water partition coefficient (Wildman–Crippen LogP) is 2.67. The molecular weight excluding hydrogens is 304 g/mol. The van der Waals surface area contributed by atoms with Gasteiger partial charge in [-0.25, -0.2) is 13.6 Å². The van der Waals surface area contributed by atoms with Crippen molar-refractivity contribution >= 4 is 17.4 Å². The number of amides is 2. The first-order valence-corrected chi connectivity index (χ1v) is 7.79. The van der Waals surface area contributed by atoms with Gasteiger partial charge < -0.3 is 19.9 Å². The molecule has 1 aromatic rings. The van der Waals surface area contributed by atoms with Gasteiger partial charge in [-0.15, -0.1) is 0 Å². The third-order valence-electron chi connectivity index (χ3n) is 4.31. The lowest BCUT2D eigenvalue weighted by molar-refractivity contribution is 0.00772. The van der Waals surface area contributed by atoms with E-state index in [-0.39, 0.29) is 23.4 Å². The lowest BCUT2D eigenvalue weighted by atomic mass is 10.1. The second-order valence-electron chi connectivity index (χ2n) is 6.29. The zero-order chi connectivity index (χ0) is 16.6. The molecule has 1 aromatic carbocycles. The molecule has 0 bridgehead atoms. The van der Waals surface area contributed by atoms with E-state index in [1.165, 1.54) is 4.90 Å². The van der Waals surface area contributed by atoms with Crippen molar-refractivity contribution < 1.29 is 18.3 Å². The van der Waals surface area contributed by atoms with Gasteiger partial charge in [0, 0.05) is 26.3 Å². The molecule has 3 rings (SSSR count). The molecule has 2 amide bonds. The first-order valence-electron chi connectivity index (χ1n) is 7.79. The van der Waals surface area contributed by atoms with Crippen LogP contribution in [0, 0.1) is 17.6 Å². The fourth-order valence-electron chi connectivity index (χ4n) is 3.01. The van der Waals surface area contributed by atoms with Gasteiger partial charge in [0.25, 0.3) is 0 Å². The fourth-order valence-corrected chi connectivity index (χ4v) is 3.01. The van der Waals surface area contributed by atoms with Crippen LogP contribution in [0.4, 0.5) is 25.0 Å². The molecule has 1 saturated carbocycles. The van der Waals surface area contributed by atoms with E-state index in [2.05, 4.69) is 5.32 Å². The van der Waals surface area contributed by atoms with Crippen LogP contribution in [0.3, 0.4) is 0 Å². The van der Waals surface area contributed by atoms with Gasteiger partial charge in [-0.05, 0) is 30.9 Å². The van der Waals surface area contributed by atoms with E-state index in [0.717, 1.165) is 25.0 Å². The van der Waals surface area contributed by atoms with Gasteiger partial charge in [-0.1, -0.05) is 0 Å². The highest BCUT2D eigenvalue weighted by molar-refractivity contribution is 5.90. The van der Waals surface area contributed by atoms with Crippen LogP contribution in [0.5, 0.6) is 0 Å². The SMILES string of the molecule is CN(C)c1c(F)cc(NC(=O)N2CCOC[C@@H]2C2CC2)cc1F. The Balaban J connectivity index is 1.74. The van der Waals surface area contributed by atoms with Crippen molar-refractivity contribution in [1.29, 1.82) is 0 Å². The lowest BCUT2D eigenvalue weighted by Crippen LogP contribution is -2.51. The zero-order valence-electron chi connectivity index (χ0n) is 13.3. The number of benzene rings is 1. The molecule has 0 radical (unpaired) electrons. The molecule has 2 aliphatic rings. The number of morpholine rings is 1. The Kier molecular flexibility index (Phi) is 4.39. The number of nitrogens with one attached hydrogen (secondary N) is 1. The molecule has 23 heavy (non-hydrogen) atoms.